The van der Waals surface area contributed by atoms with Crippen LogP contribution >= 0.6 is 0 Å². The zero-order valence-corrected chi connectivity index (χ0v) is 15.4. The number of nitrogens with two attached hydrogens (primary N) is 1. The van der Waals surface area contributed by atoms with Crippen molar-refractivity contribution in [2.75, 3.05) is 18.4 Å². The molecule has 152 valence electrons. The lowest BCUT2D eigenvalue weighted by molar-refractivity contribution is -0.137. The van der Waals surface area contributed by atoms with Gasteiger partial charge in [0.05, 0.1) is 22.3 Å². The van der Waals surface area contributed by atoms with Gasteiger partial charge in [-0.1, -0.05) is 0 Å². The number of anilines is 1. The van der Waals surface area contributed by atoms with Crippen molar-refractivity contribution in [3.63, 3.8) is 0 Å². The summed E-state index contributed by atoms with van der Waals surface area (Å²) in [5.74, 6) is -0.194. The molecule has 1 saturated heterocycles. The molecule has 3 rings (SSSR count). The Balaban J connectivity index is 1.72. The number of primary sulfonamides is 1. The van der Waals surface area contributed by atoms with Crippen molar-refractivity contribution in [2.24, 2.45) is 5.14 Å². The van der Waals surface area contributed by atoms with Crippen molar-refractivity contribution < 1.29 is 30.8 Å². The summed E-state index contributed by atoms with van der Waals surface area (Å²) in [6, 6.07) is 3.87. The summed E-state index contributed by atoms with van der Waals surface area (Å²) >= 11 is 0. The number of likely N-dealkylation sites (tertiary alicyclic amines) is 1. The van der Waals surface area contributed by atoms with Crippen molar-refractivity contribution in [1.29, 1.82) is 0 Å². The maximum Gasteiger partial charge on any atom is 0.418 e. The van der Waals surface area contributed by atoms with Gasteiger partial charge in [-0.05, 0) is 37.1 Å². The lowest BCUT2D eigenvalue weighted by atomic mass is 10.0. The Morgan fingerprint density at radius 3 is 2.43 bits per heavy atom. The molecule has 11 heteroatoms. The number of carbonyl (C=O) groups is 1. The van der Waals surface area contributed by atoms with Gasteiger partial charge in [0.15, 0.2) is 0 Å². The SMILES string of the molecule is NS(=O)(=O)c1ccc(NC2CCN(C(=O)c3ccoc3)CC2)c(C(F)(F)F)c1. The van der Waals surface area contributed by atoms with Crippen LogP contribution in [0.4, 0.5) is 18.9 Å². The van der Waals surface area contributed by atoms with E-state index in [2.05, 4.69) is 5.32 Å². The molecule has 7 nitrogen and oxygen atoms in total. The molecule has 1 fully saturated rings. The highest BCUT2D eigenvalue weighted by molar-refractivity contribution is 7.89. The zero-order chi connectivity index (χ0) is 20.5. The molecular formula is C17H18F3N3O4S. The summed E-state index contributed by atoms with van der Waals surface area (Å²) in [5, 5.41) is 7.74. The van der Waals surface area contributed by atoms with Crippen molar-refractivity contribution >= 4 is 21.6 Å². The highest BCUT2D eigenvalue weighted by atomic mass is 32.2. The van der Waals surface area contributed by atoms with Crippen molar-refractivity contribution in [3.05, 3.63) is 47.9 Å². The topological polar surface area (TPSA) is 106 Å². The van der Waals surface area contributed by atoms with Crippen LogP contribution in [0.5, 0.6) is 0 Å². The molecule has 1 amide bonds. The van der Waals surface area contributed by atoms with Crippen LogP contribution in [-0.2, 0) is 16.2 Å². The quantitative estimate of drug-likeness (QED) is 0.796. The van der Waals surface area contributed by atoms with E-state index in [0.29, 0.717) is 37.6 Å². The van der Waals surface area contributed by atoms with Gasteiger partial charge < -0.3 is 14.6 Å². The lowest BCUT2D eigenvalue weighted by Gasteiger charge is -2.33. The molecule has 0 saturated carbocycles. The number of amides is 1. The normalized spacial score (nSPS) is 16.2. The van der Waals surface area contributed by atoms with E-state index in [-0.39, 0.29) is 17.6 Å². The second-order valence-electron chi connectivity index (χ2n) is 6.47. The van der Waals surface area contributed by atoms with E-state index in [4.69, 9.17) is 9.56 Å². The predicted molar refractivity (Wildman–Crippen MR) is 94.1 cm³/mol. The summed E-state index contributed by atoms with van der Waals surface area (Å²) in [7, 11) is -4.25. The van der Waals surface area contributed by atoms with Gasteiger partial charge in [0, 0.05) is 24.8 Å². The Bertz CT molecular complexity index is 951. The Kier molecular flexibility index (Phi) is 5.39. The largest absolute Gasteiger partial charge is 0.472 e. The lowest BCUT2D eigenvalue weighted by Crippen LogP contribution is -2.42. The number of carbonyl (C=O) groups excluding carboxylic acids is 1. The number of sulfonamides is 1. The number of furan rings is 1. The summed E-state index contributed by atoms with van der Waals surface area (Å²) in [6.45, 7) is 0.747. The number of rotatable bonds is 4. The first-order valence-corrected chi connectivity index (χ1v) is 9.92. The maximum absolute atomic E-state index is 13.4. The van der Waals surface area contributed by atoms with Crippen LogP contribution in [0.3, 0.4) is 0 Å². The van der Waals surface area contributed by atoms with E-state index in [1.54, 1.807) is 11.0 Å². The summed E-state index contributed by atoms with van der Waals surface area (Å²) < 4.78 is 67.7. The van der Waals surface area contributed by atoms with E-state index in [0.717, 1.165) is 12.1 Å². The van der Waals surface area contributed by atoms with Crippen LogP contribution in [0.15, 0.2) is 46.1 Å². The van der Waals surface area contributed by atoms with Crippen LogP contribution in [0.25, 0.3) is 0 Å². The van der Waals surface area contributed by atoms with Crippen LogP contribution < -0.4 is 10.5 Å². The molecule has 0 aliphatic carbocycles. The number of hydrogen-bond acceptors (Lipinski definition) is 5. The Morgan fingerprint density at radius 1 is 1.21 bits per heavy atom. The third kappa shape index (κ3) is 4.47. The third-order valence-electron chi connectivity index (χ3n) is 4.53. The third-order valence-corrected chi connectivity index (χ3v) is 5.45. The summed E-state index contributed by atoms with van der Waals surface area (Å²) in [4.78, 5) is 13.3. The van der Waals surface area contributed by atoms with E-state index in [1.807, 2.05) is 0 Å². The number of nitrogens with zero attached hydrogens (tertiary/aromatic N) is 1. The number of halogens is 3. The number of piperidine rings is 1. The van der Waals surface area contributed by atoms with E-state index in [1.165, 1.54) is 12.5 Å². The van der Waals surface area contributed by atoms with Crippen molar-refractivity contribution in [1.82, 2.24) is 4.90 Å². The monoisotopic (exact) mass is 417 g/mol. The molecule has 0 unspecified atom stereocenters. The van der Waals surface area contributed by atoms with Gasteiger partial charge in [-0.2, -0.15) is 13.2 Å². The fourth-order valence-corrected chi connectivity index (χ4v) is 3.62. The fraction of sp³-hybridized carbons (Fsp3) is 0.353. The minimum absolute atomic E-state index is 0.194. The average molecular weight is 417 g/mol. The first kappa shape index (κ1) is 20.2. The van der Waals surface area contributed by atoms with E-state index < -0.39 is 26.7 Å². The maximum atomic E-state index is 13.4. The predicted octanol–water partition coefficient (Wildman–Crippen LogP) is 2.66. The number of alkyl halides is 3. The highest BCUT2D eigenvalue weighted by Gasteiger charge is 2.35. The molecule has 0 bridgehead atoms. The van der Waals surface area contributed by atoms with E-state index >= 15 is 0 Å². The van der Waals surface area contributed by atoms with Gasteiger partial charge in [-0.25, -0.2) is 13.6 Å². The first-order chi connectivity index (χ1) is 13.1. The molecule has 0 atom stereocenters. The van der Waals surface area contributed by atoms with Crippen LogP contribution in [0.2, 0.25) is 0 Å². The smallest absolute Gasteiger partial charge is 0.418 e. The number of hydrogen-bond donors (Lipinski definition) is 2. The van der Waals surface area contributed by atoms with Gasteiger partial charge in [0.1, 0.15) is 6.26 Å². The average Bonchev–Trinajstić information content (AvgIpc) is 3.15. The fourth-order valence-electron chi connectivity index (χ4n) is 3.08. The van der Waals surface area contributed by atoms with Gasteiger partial charge >= 0.3 is 6.18 Å². The minimum Gasteiger partial charge on any atom is -0.472 e. The first-order valence-electron chi connectivity index (χ1n) is 8.38. The minimum atomic E-state index is -4.75. The summed E-state index contributed by atoms with van der Waals surface area (Å²) in [5.41, 5.74) is -0.903. The standard InChI is InChI=1S/C17H18F3N3O4S/c18-17(19,20)14-9-13(28(21,25)26)1-2-15(14)22-12-3-6-23(7-4-12)16(24)11-5-8-27-10-11/h1-2,5,8-10,12,22H,3-4,6-7H2,(H2,21,25,26). The second kappa shape index (κ2) is 7.47. The van der Waals surface area contributed by atoms with Crippen LogP contribution in [0.1, 0.15) is 28.8 Å². The molecule has 1 aromatic heterocycles. The van der Waals surface area contributed by atoms with E-state index in [9.17, 15) is 26.4 Å². The second-order valence-corrected chi connectivity index (χ2v) is 8.03. The Hall–Kier alpha value is -2.53. The summed E-state index contributed by atoms with van der Waals surface area (Å²) in [6.07, 6.45) is -1.13. The molecule has 1 aliphatic rings. The molecule has 2 aromatic rings. The number of nitrogens with one attached hydrogen (secondary N) is 1. The molecule has 0 radical (unpaired) electrons. The van der Waals surface area contributed by atoms with Gasteiger partial charge in [0.25, 0.3) is 5.91 Å². The molecule has 28 heavy (non-hydrogen) atoms. The highest BCUT2D eigenvalue weighted by Crippen LogP contribution is 2.37. The molecule has 3 N–H and O–H groups in total. The van der Waals surface area contributed by atoms with Crippen molar-refractivity contribution in [3.8, 4) is 0 Å². The van der Waals surface area contributed by atoms with Gasteiger partial charge in [-0.15, -0.1) is 0 Å². The molecule has 1 aliphatic heterocycles. The Labute approximate surface area is 159 Å². The van der Waals surface area contributed by atoms with Gasteiger partial charge in [0.2, 0.25) is 10.0 Å². The molecule has 0 spiro atoms. The van der Waals surface area contributed by atoms with Crippen molar-refractivity contribution in [2.45, 2.75) is 30.0 Å². The molecular weight excluding hydrogens is 399 g/mol. The van der Waals surface area contributed by atoms with Gasteiger partial charge in [-0.3, -0.25) is 4.79 Å². The Morgan fingerprint density at radius 2 is 1.89 bits per heavy atom. The molecule has 1 aromatic carbocycles. The number of benzene rings is 1. The van der Waals surface area contributed by atoms with Crippen LogP contribution in [0, 0.1) is 0 Å². The molecule has 2 heterocycles. The van der Waals surface area contributed by atoms with Crippen LogP contribution in [-0.4, -0.2) is 38.4 Å². The zero-order valence-electron chi connectivity index (χ0n) is 14.6.